The number of nitrogens with zero attached hydrogens (tertiary/aromatic N) is 1. The Hall–Kier alpha value is -2.24. The Bertz CT molecular complexity index is 856. The third-order valence-corrected chi connectivity index (χ3v) is 5.87. The van der Waals surface area contributed by atoms with Crippen molar-refractivity contribution in [3.05, 3.63) is 58.6 Å². The average molecular weight is 415 g/mol. The molecule has 1 N–H and O–H groups in total. The maximum absolute atomic E-state index is 12.7. The summed E-state index contributed by atoms with van der Waals surface area (Å²) in [6, 6.07) is 13.9. The number of carbonyl (C=O) groups excluding carboxylic acids is 1. The average Bonchev–Trinajstić information content (AvgIpc) is 3.03. The summed E-state index contributed by atoms with van der Waals surface area (Å²) >= 11 is 5.95. The molecular formula is C23H27ClN2O3. The Morgan fingerprint density at radius 1 is 1.14 bits per heavy atom. The van der Waals surface area contributed by atoms with Gasteiger partial charge >= 0.3 is 0 Å². The van der Waals surface area contributed by atoms with Gasteiger partial charge in [0.25, 0.3) is 0 Å². The van der Waals surface area contributed by atoms with Crippen molar-refractivity contribution in [3.63, 3.8) is 0 Å². The van der Waals surface area contributed by atoms with E-state index in [-0.39, 0.29) is 18.0 Å². The molecule has 2 aromatic carbocycles. The Balaban J connectivity index is 1.40. The molecule has 29 heavy (non-hydrogen) atoms. The molecule has 2 atom stereocenters. The molecule has 1 amide bonds. The van der Waals surface area contributed by atoms with E-state index in [1.54, 1.807) is 0 Å². The second-order valence-electron chi connectivity index (χ2n) is 7.73. The molecular weight excluding hydrogens is 388 g/mol. The first-order chi connectivity index (χ1) is 14.1. The quantitative estimate of drug-likeness (QED) is 0.781. The highest BCUT2D eigenvalue weighted by Gasteiger charge is 2.29. The molecule has 2 aliphatic rings. The minimum Gasteiger partial charge on any atom is -0.490 e. The molecule has 0 bridgehead atoms. The van der Waals surface area contributed by atoms with Gasteiger partial charge < -0.3 is 14.8 Å². The van der Waals surface area contributed by atoms with Crippen molar-refractivity contribution in [3.8, 4) is 11.5 Å². The largest absolute Gasteiger partial charge is 0.490 e. The van der Waals surface area contributed by atoms with Gasteiger partial charge in [0.2, 0.25) is 5.91 Å². The number of likely N-dealkylation sites (tertiary alicyclic amines) is 1. The molecule has 4 rings (SSSR count). The summed E-state index contributed by atoms with van der Waals surface area (Å²) in [7, 11) is 0. The number of benzene rings is 2. The van der Waals surface area contributed by atoms with Crippen LogP contribution in [0.4, 0.5) is 0 Å². The summed E-state index contributed by atoms with van der Waals surface area (Å²) in [5.41, 5.74) is 2.23. The lowest BCUT2D eigenvalue weighted by Crippen LogP contribution is -2.38. The highest BCUT2D eigenvalue weighted by Crippen LogP contribution is 2.37. The van der Waals surface area contributed by atoms with E-state index in [1.807, 2.05) is 37.3 Å². The topological polar surface area (TPSA) is 50.8 Å². The second kappa shape index (κ2) is 9.06. The van der Waals surface area contributed by atoms with E-state index >= 15 is 0 Å². The fraction of sp³-hybridized carbons (Fsp3) is 0.435. The highest BCUT2D eigenvalue weighted by atomic mass is 35.5. The van der Waals surface area contributed by atoms with Crippen LogP contribution < -0.4 is 14.8 Å². The van der Waals surface area contributed by atoms with Gasteiger partial charge in [0.15, 0.2) is 11.5 Å². The summed E-state index contributed by atoms with van der Waals surface area (Å²) in [6.45, 7) is 4.66. The number of rotatable bonds is 5. The summed E-state index contributed by atoms with van der Waals surface area (Å²) in [5, 5.41) is 3.80. The molecule has 0 unspecified atom stereocenters. The van der Waals surface area contributed by atoms with Gasteiger partial charge in [-0.3, -0.25) is 9.69 Å². The van der Waals surface area contributed by atoms with Crippen LogP contribution in [0.5, 0.6) is 11.5 Å². The molecule has 2 aliphatic heterocycles. The Labute approximate surface area is 176 Å². The molecule has 2 aromatic rings. The van der Waals surface area contributed by atoms with Gasteiger partial charge in [-0.25, -0.2) is 0 Å². The molecule has 0 spiro atoms. The summed E-state index contributed by atoms with van der Waals surface area (Å²) in [5.74, 6) is 1.66. The predicted octanol–water partition coefficient (Wildman–Crippen LogP) is 4.52. The first kappa shape index (κ1) is 20.0. The lowest BCUT2D eigenvalue weighted by molar-refractivity contribution is -0.123. The third kappa shape index (κ3) is 4.85. The molecule has 2 heterocycles. The zero-order chi connectivity index (χ0) is 20.2. The number of halogens is 1. The van der Waals surface area contributed by atoms with E-state index in [2.05, 4.69) is 22.3 Å². The lowest BCUT2D eigenvalue weighted by Gasteiger charge is -2.26. The van der Waals surface area contributed by atoms with Crippen molar-refractivity contribution in [1.82, 2.24) is 10.2 Å². The zero-order valence-electron chi connectivity index (χ0n) is 16.7. The van der Waals surface area contributed by atoms with E-state index in [0.717, 1.165) is 42.9 Å². The van der Waals surface area contributed by atoms with Gasteiger partial charge in [-0.05, 0) is 61.7 Å². The number of hydrogen-bond donors (Lipinski definition) is 1. The molecule has 0 radical (unpaired) electrons. The van der Waals surface area contributed by atoms with Gasteiger partial charge in [-0.2, -0.15) is 0 Å². The van der Waals surface area contributed by atoms with Crippen molar-refractivity contribution in [2.75, 3.05) is 26.3 Å². The van der Waals surface area contributed by atoms with Gasteiger partial charge in [0.1, 0.15) is 0 Å². The van der Waals surface area contributed by atoms with E-state index in [1.165, 1.54) is 5.56 Å². The smallest absolute Gasteiger partial charge is 0.234 e. The molecule has 0 saturated carbocycles. The number of carbonyl (C=O) groups is 1. The highest BCUT2D eigenvalue weighted by molar-refractivity contribution is 6.30. The fourth-order valence-corrected chi connectivity index (χ4v) is 4.21. The van der Waals surface area contributed by atoms with Crippen molar-refractivity contribution < 1.29 is 14.3 Å². The van der Waals surface area contributed by atoms with Gasteiger partial charge in [0.05, 0.1) is 25.8 Å². The van der Waals surface area contributed by atoms with Crippen LogP contribution in [0.1, 0.15) is 49.4 Å². The van der Waals surface area contributed by atoms with E-state index in [0.29, 0.717) is 24.8 Å². The SMILES string of the molecule is C[C@@H](NC(=O)CN1CCC[C@@H]1c1ccc2c(c1)OCCCO2)c1ccc(Cl)cc1. The van der Waals surface area contributed by atoms with Crippen LogP contribution in [0.3, 0.4) is 0 Å². The van der Waals surface area contributed by atoms with E-state index < -0.39 is 0 Å². The summed E-state index contributed by atoms with van der Waals surface area (Å²) < 4.78 is 11.6. The van der Waals surface area contributed by atoms with Crippen molar-refractivity contribution in [2.45, 2.75) is 38.3 Å². The molecule has 6 heteroatoms. The number of fused-ring (bicyclic) bond motifs is 1. The van der Waals surface area contributed by atoms with E-state index in [9.17, 15) is 4.79 Å². The predicted molar refractivity (Wildman–Crippen MR) is 114 cm³/mol. The Morgan fingerprint density at radius 2 is 1.90 bits per heavy atom. The molecule has 1 fully saturated rings. The third-order valence-electron chi connectivity index (χ3n) is 5.61. The van der Waals surface area contributed by atoms with Crippen LogP contribution in [0.25, 0.3) is 0 Å². The first-order valence-corrected chi connectivity index (χ1v) is 10.7. The summed E-state index contributed by atoms with van der Waals surface area (Å²) in [6.07, 6.45) is 3.02. The van der Waals surface area contributed by atoms with Crippen LogP contribution in [0.2, 0.25) is 5.02 Å². The van der Waals surface area contributed by atoms with Crippen LogP contribution in [0.15, 0.2) is 42.5 Å². The van der Waals surface area contributed by atoms with Gasteiger partial charge in [-0.1, -0.05) is 29.8 Å². The lowest BCUT2D eigenvalue weighted by atomic mass is 10.0. The Morgan fingerprint density at radius 3 is 2.69 bits per heavy atom. The van der Waals surface area contributed by atoms with Gasteiger partial charge in [-0.15, -0.1) is 0 Å². The van der Waals surface area contributed by atoms with Crippen molar-refractivity contribution >= 4 is 17.5 Å². The van der Waals surface area contributed by atoms with Crippen molar-refractivity contribution in [1.29, 1.82) is 0 Å². The van der Waals surface area contributed by atoms with E-state index in [4.69, 9.17) is 21.1 Å². The Kier molecular flexibility index (Phi) is 6.26. The zero-order valence-corrected chi connectivity index (χ0v) is 17.5. The van der Waals surface area contributed by atoms with Crippen LogP contribution >= 0.6 is 11.6 Å². The van der Waals surface area contributed by atoms with Gasteiger partial charge in [0, 0.05) is 17.5 Å². The maximum Gasteiger partial charge on any atom is 0.234 e. The molecule has 0 aromatic heterocycles. The van der Waals surface area contributed by atoms with Crippen LogP contribution in [-0.2, 0) is 4.79 Å². The fourth-order valence-electron chi connectivity index (χ4n) is 4.09. The van der Waals surface area contributed by atoms with Crippen molar-refractivity contribution in [2.24, 2.45) is 0 Å². The molecule has 154 valence electrons. The maximum atomic E-state index is 12.7. The van der Waals surface area contributed by atoms with Crippen LogP contribution in [-0.4, -0.2) is 37.1 Å². The molecule has 1 saturated heterocycles. The summed E-state index contributed by atoms with van der Waals surface area (Å²) in [4.78, 5) is 14.9. The monoisotopic (exact) mass is 414 g/mol. The molecule has 0 aliphatic carbocycles. The second-order valence-corrected chi connectivity index (χ2v) is 8.16. The van der Waals surface area contributed by atoms with Crippen LogP contribution in [0, 0.1) is 0 Å². The number of hydrogen-bond acceptors (Lipinski definition) is 4. The minimum absolute atomic E-state index is 0.0358. The number of nitrogens with one attached hydrogen (secondary N) is 1. The number of amides is 1. The first-order valence-electron chi connectivity index (χ1n) is 10.3. The molecule has 5 nitrogen and oxygen atoms in total. The number of ether oxygens (including phenoxy) is 2. The minimum atomic E-state index is -0.0566. The standard InChI is InChI=1S/C23H27ClN2O3/c1-16(17-5-8-19(24)9-6-17)25-23(27)15-26-11-2-4-20(26)18-7-10-21-22(14-18)29-13-3-12-28-21/h5-10,14,16,20H,2-4,11-13,15H2,1H3,(H,25,27)/t16-,20-/m1/s1. The normalized spacial score (nSPS) is 20.1.